The zero-order valence-electron chi connectivity index (χ0n) is 18.2. The second-order valence-electron chi connectivity index (χ2n) is 9.35. The molecule has 0 bridgehead atoms. The van der Waals surface area contributed by atoms with Gasteiger partial charge in [-0.2, -0.15) is 0 Å². The Morgan fingerprint density at radius 1 is 1.16 bits per heavy atom. The summed E-state index contributed by atoms with van der Waals surface area (Å²) in [5.74, 6) is 0.413. The van der Waals surface area contributed by atoms with Crippen molar-refractivity contribution < 1.29 is 23.4 Å². The van der Waals surface area contributed by atoms with Crippen molar-refractivity contribution in [2.45, 2.75) is 64.5 Å². The normalized spacial score (nSPS) is 23.6. The fraction of sp³-hybridized carbons (Fsp3) is 0.560. The highest BCUT2D eigenvalue weighted by Crippen LogP contribution is 2.39. The van der Waals surface area contributed by atoms with Crippen LogP contribution in [0.25, 0.3) is 10.8 Å². The van der Waals surface area contributed by atoms with E-state index >= 15 is 0 Å². The van der Waals surface area contributed by atoms with Gasteiger partial charge in [0.2, 0.25) is 0 Å². The molecule has 4 rings (SSSR count). The molecule has 1 unspecified atom stereocenters. The maximum absolute atomic E-state index is 14.0. The first kappa shape index (κ1) is 22.0. The van der Waals surface area contributed by atoms with Crippen molar-refractivity contribution in [2.24, 2.45) is 11.8 Å². The summed E-state index contributed by atoms with van der Waals surface area (Å²) in [4.78, 5) is 13.1. The monoisotopic (exact) mass is 431 g/mol. The maximum atomic E-state index is 14.0. The summed E-state index contributed by atoms with van der Waals surface area (Å²) < 4.78 is 34.1. The van der Waals surface area contributed by atoms with Crippen LogP contribution in [0.4, 0.5) is 8.78 Å². The molecule has 0 amide bonds. The number of rotatable bonds is 7. The van der Waals surface area contributed by atoms with Crippen LogP contribution in [0.2, 0.25) is 0 Å². The van der Waals surface area contributed by atoms with Crippen molar-refractivity contribution in [2.75, 3.05) is 13.1 Å². The molecule has 1 aliphatic carbocycles. The van der Waals surface area contributed by atoms with E-state index in [4.69, 9.17) is 9.84 Å². The number of alkyl halides is 2. The van der Waals surface area contributed by atoms with Crippen molar-refractivity contribution in [3.63, 3.8) is 0 Å². The number of carboxylic acid groups (broad SMARTS) is 1. The predicted molar refractivity (Wildman–Crippen MR) is 117 cm³/mol. The molecule has 31 heavy (non-hydrogen) atoms. The van der Waals surface area contributed by atoms with Crippen LogP contribution in [0.3, 0.4) is 0 Å². The first-order chi connectivity index (χ1) is 14.8. The number of ether oxygens (including phenoxy) is 1. The Balaban J connectivity index is 1.53. The lowest BCUT2D eigenvalue weighted by Crippen LogP contribution is -2.48. The predicted octanol–water partition coefficient (Wildman–Crippen LogP) is 6.20. The molecule has 1 heterocycles. The number of halogens is 2. The molecule has 2 aliphatic rings. The minimum absolute atomic E-state index is 0.00982. The highest BCUT2D eigenvalue weighted by molar-refractivity contribution is 5.88. The Morgan fingerprint density at radius 3 is 2.52 bits per heavy atom. The molecule has 2 fully saturated rings. The maximum Gasteiger partial charge on any atom is 0.303 e. The second-order valence-corrected chi connectivity index (χ2v) is 9.35. The van der Waals surface area contributed by atoms with Crippen LogP contribution in [0.5, 0.6) is 5.75 Å². The van der Waals surface area contributed by atoms with Crippen LogP contribution in [-0.2, 0) is 4.79 Å². The van der Waals surface area contributed by atoms with E-state index in [2.05, 4.69) is 18.7 Å². The summed E-state index contributed by atoms with van der Waals surface area (Å²) in [7, 11) is 0. The summed E-state index contributed by atoms with van der Waals surface area (Å²) in [5, 5.41) is 10.3. The van der Waals surface area contributed by atoms with E-state index in [0.717, 1.165) is 49.7 Å². The number of carboxylic acids is 1. The molecule has 0 radical (unpaired) electrons. The first-order valence-electron chi connectivity index (χ1n) is 11.3. The first-order valence-corrected chi connectivity index (χ1v) is 11.3. The van der Waals surface area contributed by atoms with Gasteiger partial charge in [0.25, 0.3) is 6.43 Å². The number of likely N-dealkylation sites (tertiary alicyclic amines) is 1. The highest BCUT2D eigenvalue weighted by atomic mass is 19.3. The minimum atomic E-state index is -2.60. The number of hydrogen-bond donors (Lipinski definition) is 1. The SMILES string of the molecule is CC1CCC(Oc2ccc3cc(C(C)N4CC(CC(=O)O)C4)ccc3c2C(F)F)CC1. The Morgan fingerprint density at radius 2 is 1.87 bits per heavy atom. The van der Waals surface area contributed by atoms with Gasteiger partial charge in [0.05, 0.1) is 18.1 Å². The molecule has 1 saturated heterocycles. The second kappa shape index (κ2) is 9.11. The molecule has 1 atom stereocenters. The lowest BCUT2D eigenvalue weighted by molar-refractivity contribution is -0.139. The average molecular weight is 432 g/mol. The molecule has 2 aromatic rings. The van der Waals surface area contributed by atoms with Crippen molar-refractivity contribution in [3.05, 3.63) is 41.5 Å². The number of benzene rings is 2. The van der Waals surface area contributed by atoms with Crippen molar-refractivity contribution in [1.82, 2.24) is 4.90 Å². The topological polar surface area (TPSA) is 49.8 Å². The number of hydrogen-bond acceptors (Lipinski definition) is 3. The van der Waals surface area contributed by atoms with Crippen molar-refractivity contribution in [1.29, 1.82) is 0 Å². The molecule has 1 saturated carbocycles. The van der Waals surface area contributed by atoms with E-state index in [0.29, 0.717) is 17.1 Å². The Kier molecular flexibility index (Phi) is 6.47. The summed E-state index contributed by atoms with van der Waals surface area (Å²) in [6, 6.07) is 9.36. The fourth-order valence-electron chi connectivity index (χ4n) is 4.98. The molecular formula is C25H31F2NO3. The van der Waals surface area contributed by atoms with E-state index in [1.165, 1.54) is 0 Å². The molecule has 0 aromatic heterocycles. The van der Waals surface area contributed by atoms with Crippen molar-refractivity contribution in [3.8, 4) is 5.75 Å². The van der Waals surface area contributed by atoms with Gasteiger partial charge in [0.1, 0.15) is 5.75 Å². The number of carbonyl (C=O) groups is 1. The third-order valence-corrected chi connectivity index (χ3v) is 7.00. The average Bonchev–Trinajstić information content (AvgIpc) is 2.70. The lowest BCUT2D eigenvalue weighted by atomic mass is 9.89. The zero-order valence-corrected chi connectivity index (χ0v) is 18.2. The van der Waals surface area contributed by atoms with E-state index in [1.807, 2.05) is 18.2 Å². The van der Waals surface area contributed by atoms with Crippen LogP contribution in [0, 0.1) is 11.8 Å². The zero-order chi connectivity index (χ0) is 22.1. The smallest absolute Gasteiger partial charge is 0.303 e. The quantitative estimate of drug-likeness (QED) is 0.567. The van der Waals surface area contributed by atoms with Crippen LogP contribution >= 0.6 is 0 Å². The number of nitrogens with zero attached hydrogens (tertiary/aromatic N) is 1. The molecule has 1 N–H and O–H groups in total. The standard InChI is InChI=1S/C25H31F2NO3/c1-15-3-7-20(8-4-15)31-22-10-6-19-12-18(5-9-21(19)24(22)25(26)27)16(2)28-13-17(14-28)11-23(29)30/h5-6,9-10,12,15-17,20,25H,3-4,7-8,11,13-14H2,1-2H3,(H,29,30). The van der Waals surface area contributed by atoms with Crippen LogP contribution < -0.4 is 4.74 Å². The molecular weight excluding hydrogens is 400 g/mol. The molecule has 2 aromatic carbocycles. The third kappa shape index (κ3) is 4.84. The lowest BCUT2D eigenvalue weighted by Gasteiger charge is -2.43. The van der Waals surface area contributed by atoms with Crippen LogP contribution in [0.1, 0.15) is 69.5 Å². The summed E-state index contributed by atoms with van der Waals surface area (Å²) in [5.41, 5.74) is 1.04. The molecule has 1 aliphatic heterocycles. The highest BCUT2D eigenvalue weighted by Gasteiger charge is 2.32. The van der Waals surface area contributed by atoms with Gasteiger partial charge >= 0.3 is 5.97 Å². The Bertz CT molecular complexity index is 934. The van der Waals surface area contributed by atoms with E-state index in [9.17, 15) is 13.6 Å². The van der Waals surface area contributed by atoms with Gasteiger partial charge in [-0.25, -0.2) is 8.78 Å². The molecule has 6 heteroatoms. The summed E-state index contributed by atoms with van der Waals surface area (Å²) >= 11 is 0. The largest absolute Gasteiger partial charge is 0.490 e. The Labute approximate surface area is 182 Å². The van der Waals surface area contributed by atoms with Gasteiger partial charge < -0.3 is 9.84 Å². The van der Waals surface area contributed by atoms with E-state index in [-0.39, 0.29) is 30.0 Å². The third-order valence-electron chi connectivity index (χ3n) is 7.00. The van der Waals surface area contributed by atoms with Gasteiger partial charge in [-0.3, -0.25) is 9.69 Å². The fourth-order valence-corrected chi connectivity index (χ4v) is 4.98. The van der Waals surface area contributed by atoms with E-state index in [1.54, 1.807) is 12.1 Å². The van der Waals surface area contributed by atoms with E-state index < -0.39 is 12.4 Å². The van der Waals surface area contributed by atoms with Gasteiger partial charge in [-0.1, -0.05) is 25.1 Å². The summed E-state index contributed by atoms with van der Waals surface area (Å²) in [6.45, 7) is 5.80. The molecule has 0 spiro atoms. The summed E-state index contributed by atoms with van der Waals surface area (Å²) in [6.07, 6.45) is 1.59. The molecule has 168 valence electrons. The number of aliphatic carboxylic acids is 1. The molecule has 4 nitrogen and oxygen atoms in total. The van der Waals surface area contributed by atoms with Gasteiger partial charge in [0.15, 0.2) is 0 Å². The van der Waals surface area contributed by atoms with Crippen LogP contribution in [0.15, 0.2) is 30.3 Å². The van der Waals surface area contributed by atoms with Gasteiger partial charge in [0, 0.05) is 19.1 Å². The van der Waals surface area contributed by atoms with Crippen molar-refractivity contribution >= 4 is 16.7 Å². The van der Waals surface area contributed by atoms with Gasteiger partial charge in [-0.05, 0) is 72.9 Å². The van der Waals surface area contributed by atoms with Crippen LogP contribution in [-0.4, -0.2) is 35.2 Å². The Hall–Kier alpha value is -2.21. The van der Waals surface area contributed by atoms with Gasteiger partial charge in [-0.15, -0.1) is 0 Å². The minimum Gasteiger partial charge on any atom is -0.490 e. The number of fused-ring (bicyclic) bond motifs is 1.